The summed E-state index contributed by atoms with van der Waals surface area (Å²) in [5.41, 5.74) is 6.90. The predicted octanol–water partition coefficient (Wildman–Crippen LogP) is 2.88. The first-order valence-electron chi connectivity index (χ1n) is 7.16. The highest BCUT2D eigenvalue weighted by molar-refractivity contribution is 5.94. The monoisotopic (exact) mass is 338 g/mol. The number of rotatable bonds is 6. The molecule has 0 aliphatic rings. The van der Waals surface area contributed by atoms with E-state index in [0.717, 1.165) is 11.3 Å². The number of carbonyl (C=O) groups excluding carboxylic acids is 1. The smallest absolute Gasteiger partial charge is 0.254 e. The number of amides is 1. The molecule has 0 atom stereocenters. The lowest BCUT2D eigenvalue weighted by Gasteiger charge is -2.25. The van der Waals surface area contributed by atoms with E-state index < -0.39 is 0 Å². The SMILES string of the molecule is COc1ccc(C(C)(C)CNC(=O)c2coc(CN)c2)cc1.Cl. The highest BCUT2D eigenvalue weighted by Crippen LogP contribution is 2.24. The van der Waals surface area contributed by atoms with Crippen molar-refractivity contribution in [1.29, 1.82) is 0 Å². The van der Waals surface area contributed by atoms with Crippen molar-refractivity contribution in [2.45, 2.75) is 25.8 Å². The minimum Gasteiger partial charge on any atom is -0.497 e. The van der Waals surface area contributed by atoms with Crippen molar-refractivity contribution >= 4 is 18.3 Å². The maximum atomic E-state index is 12.1. The normalized spacial score (nSPS) is 10.8. The molecule has 5 nitrogen and oxygen atoms in total. The molecule has 126 valence electrons. The molecule has 0 fully saturated rings. The average molecular weight is 339 g/mol. The van der Waals surface area contributed by atoms with Gasteiger partial charge in [0.2, 0.25) is 0 Å². The van der Waals surface area contributed by atoms with E-state index >= 15 is 0 Å². The molecule has 0 aliphatic heterocycles. The van der Waals surface area contributed by atoms with Crippen molar-refractivity contribution in [2.24, 2.45) is 5.73 Å². The lowest BCUT2D eigenvalue weighted by Crippen LogP contribution is -2.36. The van der Waals surface area contributed by atoms with Crippen LogP contribution in [0.15, 0.2) is 41.0 Å². The van der Waals surface area contributed by atoms with E-state index in [9.17, 15) is 4.79 Å². The van der Waals surface area contributed by atoms with Crippen LogP contribution in [0, 0.1) is 0 Å². The number of nitrogens with two attached hydrogens (primary N) is 1. The second-order valence-corrected chi connectivity index (χ2v) is 5.80. The number of methoxy groups -OCH3 is 1. The average Bonchev–Trinajstić information content (AvgIpc) is 3.02. The lowest BCUT2D eigenvalue weighted by molar-refractivity contribution is 0.0945. The number of hydrogen-bond donors (Lipinski definition) is 2. The maximum Gasteiger partial charge on any atom is 0.254 e. The minimum absolute atomic E-state index is 0. The summed E-state index contributed by atoms with van der Waals surface area (Å²) in [7, 11) is 1.64. The van der Waals surface area contributed by atoms with Crippen LogP contribution in [0.3, 0.4) is 0 Å². The summed E-state index contributed by atoms with van der Waals surface area (Å²) in [6.07, 6.45) is 1.43. The highest BCUT2D eigenvalue weighted by atomic mass is 35.5. The molecule has 1 amide bonds. The number of carbonyl (C=O) groups is 1. The molecular weight excluding hydrogens is 316 g/mol. The first-order chi connectivity index (χ1) is 10.5. The fourth-order valence-electron chi connectivity index (χ4n) is 2.15. The molecular formula is C17H23ClN2O3. The Morgan fingerprint density at radius 2 is 1.96 bits per heavy atom. The van der Waals surface area contributed by atoms with Crippen LogP contribution in [0.2, 0.25) is 0 Å². The zero-order chi connectivity index (χ0) is 16.2. The van der Waals surface area contributed by atoms with Gasteiger partial charge in [0, 0.05) is 12.0 Å². The molecule has 1 heterocycles. The number of halogens is 1. The quantitative estimate of drug-likeness (QED) is 0.849. The molecule has 0 spiro atoms. The Hall–Kier alpha value is -1.98. The molecule has 0 unspecified atom stereocenters. The van der Waals surface area contributed by atoms with E-state index in [1.54, 1.807) is 13.2 Å². The van der Waals surface area contributed by atoms with Gasteiger partial charge in [-0.05, 0) is 23.8 Å². The third-order valence-electron chi connectivity index (χ3n) is 3.68. The third-order valence-corrected chi connectivity index (χ3v) is 3.68. The van der Waals surface area contributed by atoms with Gasteiger partial charge >= 0.3 is 0 Å². The van der Waals surface area contributed by atoms with Crippen LogP contribution in [0.4, 0.5) is 0 Å². The summed E-state index contributed by atoms with van der Waals surface area (Å²) in [4.78, 5) is 12.1. The Bertz CT molecular complexity index is 636. The summed E-state index contributed by atoms with van der Waals surface area (Å²) in [6, 6.07) is 9.52. The van der Waals surface area contributed by atoms with Gasteiger partial charge in [-0.1, -0.05) is 26.0 Å². The van der Waals surface area contributed by atoms with Gasteiger partial charge in [-0.3, -0.25) is 4.79 Å². The van der Waals surface area contributed by atoms with Crippen LogP contribution >= 0.6 is 12.4 Å². The summed E-state index contributed by atoms with van der Waals surface area (Å²) in [5, 5.41) is 2.93. The molecule has 2 aromatic rings. The predicted molar refractivity (Wildman–Crippen MR) is 92.2 cm³/mol. The van der Waals surface area contributed by atoms with Gasteiger partial charge in [0.1, 0.15) is 17.8 Å². The third kappa shape index (κ3) is 4.74. The van der Waals surface area contributed by atoms with Crippen LogP contribution in [-0.4, -0.2) is 19.6 Å². The number of hydrogen-bond acceptors (Lipinski definition) is 4. The first-order valence-corrected chi connectivity index (χ1v) is 7.16. The first kappa shape index (κ1) is 19.1. The van der Waals surface area contributed by atoms with Gasteiger partial charge < -0.3 is 20.2 Å². The Morgan fingerprint density at radius 3 is 2.48 bits per heavy atom. The standard InChI is InChI=1S/C17H22N2O3.ClH/c1-17(2,13-4-6-14(21-3)7-5-13)11-19-16(20)12-8-15(9-18)22-10-12;/h4-8,10H,9,11,18H2,1-3H3,(H,19,20);1H. The molecule has 3 N–H and O–H groups in total. The molecule has 2 rings (SSSR count). The van der Waals surface area contributed by atoms with Gasteiger partial charge in [0.25, 0.3) is 5.91 Å². The molecule has 0 saturated heterocycles. The molecule has 0 bridgehead atoms. The van der Waals surface area contributed by atoms with Crippen molar-refractivity contribution in [2.75, 3.05) is 13.7 Å². The fourth-order valence-corrected chi connectivity index (χ4v) is 2.15. The molecule has 23 heavy (non-hydrogen) atoms. The number of ether oxygens (including phenoxy) is 1. The Kier molecular flexibility index (Phi) is 6.66. The van der Waals surface area contributed by atoms with E-state index in [4.69, 9.17) is 14.9 Å². The van der Waals surface area contributed by atoms with Crippen LogP contribution in [0.25, 0.3) is 0 Å². The molecule has 1 aromatic carbocycles. The van der Waals surface area contributed by atoms with Gasteiger partial charge in [0.05, 0.1) is 19.2 Å². The van der Waals surface area contributed by atoms with Crippen molar-refractivity contribution in [3.63, 3.8) is 0 Å². The summed E-state index contributed by atoms with van der Waals surface area (Å²) >= 11 is 0. The molecule has 6 heteroatoms. The number of furan rings is 1. The zero-order valence-corrected chi connectivity index (χ0v) is 14.4. The van der Waals surface area contributed by atoms with E-state index in [0.29, 0.717) is 17.9 Å². The Labute approximate surface area is 142 Å². The number of nitrogens with one attached hydrogen (secondary N) is 1. The van der Waals surface area contributed by atoms with Crippen LogP contribution < -0.4 is 15.8 Å². The van der Waals surface area contributed by atoms with E-state index in [-0.39, 0.29) is 30.3 Å². The van der Waals surface area contributed by atoms with E-state index in [1.807, 2.05) is 24.3 Å². The molecule has 0 aliphatic carbocycles. The van der Waals surface area contributed by atoms with Gasteiger partial charge in [0.15, 0.2) is 0 Å². The zero-order valence-electron chi connectivity index (χ0n) is 13.6. The lowest BCUT2D eigenvalue weighted by atomic mass is 9.84. The van der Waals surface area contributed by atoms with Crippen molar-refractivity contribution in [3.05, 3.63) is 53.5 Å². The number of benzene rings is 1. The maximum absolute atomic E-state index is 12.1. The van der Waals surface area contributed by atoms with Crippen LogP contribution in [0.1, 0.15) is 35.5 Å². The van der Waals surface area contributed by atoms with E-state index in [2.05, 4.69) is 19.2 Å². The molecule has 0 saturated carbocycles. The fraction of sp³-hybridized carbons (Fsp3) is 0.353. The second-order valence-electron chi connectivity index (χ2n) is 5.80. The summed E-state index contributed by atoms with van der Waals surface area (Å²) in [5.74, 6) is 1.25. The van der Waals surface area contributed by atoms with Crippen molar-refractivity contribution in [3.8, 4) is 5.75 Å². The summed E-state index contributed by atoms with van der Waals surface area (Å²) < 4.78 is 10.3. The minimum atomic E-state index is -0.192. The van der Waals surface area contributed by atoms with Gasteiger partial charge in [-0.25, -0.2) is 0 Å². The van der Waals surface area contributed by atoms with Crippen molar-refractivity contribution in [1.82, 2.24) is 5.32 Å². The highest BCUT2D eigenvalue weighted by Gasteiger charge is 2.22. The van der Waals surface area contributed by atoms with E-state index in [1.165, 1.54) is 6.26 Å². The Morgan fingerprint density at radius 1 is 1.30 bits per heavy atom. The molecule has 1 aromatic heterocycles. The van der Waals surface area contributed by atoms with Crippen LogP contribution in [-0.2, 0) is 12.0 Å². The second kappa shape index (κ2) is 8.04. The van der Waals surface area contributed by atoms with Gasteiger partial charge in [-0.2, -0.15) is 0 Å². The Balaban J connectivity index is 0.00000264. The molecule has 0 radical (unpaired) electrons. The van der Waals surface area contributed by atoms with Gasteiger partial charge in [-0.15, -0.1) is 12.4 Å². The van der Waals surface area contributed by atoms with Crippen molar-refractivity contribution < 1.29 is 13.9 Å². The largest absolute Gasteiger partial charge is 0.497 e. The van der Waals surface area contributed by atoms with Crippen LogP contribution in [0.5, 0.6) is 5.75 Å². The summed E-state index contributed by atoms with van der Waals surface area (Å²) in [6.45, 7) is 4.96. The topological polar surface area (TPSA) is 77.5 Å².